The van der Waals surface area contributed by atoms with Crippen LogP contribution in [0.5, 0.6) is 0 Å². The van der Waals surface area contributed by atoms with E-state index in [0.717, 1.165) is 44.6 Å². The Labute approximate surface area is 103 Å². The highest BCUT2D eigenvalue weighted by Gasteiger charge is 2.29. The predicted molar refractivity (Wildman–Crippen MR) is 67.9 cm³/mol. The normalized spacial score (nSPS) is 21.4. The third kappa shape index (κ3) is 3.07. The van der Waals surface area contributed by atoms with Crippen LogP contribution >= 0.6 is 0 Å². The van der Waals surface area contributed by atoms with E-state index >= 15 is 0 Å². The maximum Gasteiger partial charge on any atom is 0.0643 e. The lowest BCUT2D eigenvalue weighted by atomic mass is 9.87. The van der Waals surface area contributed by atoms with E-state index in [0.29, 0.717) is 6.04 Å². The minimum Gasteiger partial charge on any atom is -0.381 e. The standard InChI is InChI=1S/C13H23N3O/c1-3-11(2)16-7-4-12(15-16)10-13(14)5-8-17-9-6-13/h4,7,11H,3,5-6,8-10,14H2,1-2H3. The van der Waals surface area contributed by atoms with Gasteiger partial charge in [-0.15, -0.1) is 0 Å². The molecule has 1 aliphatic heterocycles. The van der Waals surface area contributed by atoms with Crippen molar-refractivity contribution in [3.05, 3.63) is 18.0 Å². The van der Waals surface area contributed by atoms with Crippen molar-refractivity contribution >= 4 is 0 Å². The lowest BCUT2D eigenvalue weighted by molar-refractivity contribution is 0.0530. The summed E-state index contributed by atoms with van der Waals surface area (Å²) in [6.07, 6.45) is 5.89. The second kappa shape index (κ2) is 5.19. The van der Waals surface area contributed by atoms with Gasteiger partial charge in [0.15, 0.2) is 0 Å². The second-order valence-electron chi connectivity index (χ2n) is 5.20. The van der Waals surface area contributed by atoms with Crippen molar-refractivity contribution in [1.29, 1.82) is 0 Å². The van der Waals surface area contributed by atoms with Crippen molar-refractivity contribution in [2.45, 2.75) is 51.1 Å². The van der Waals surface area contributed by atoms with Crippen LogP contribution < -0.4 is 5.73 Å². The highest BCUT2D eigenvalue weighted by Crippen LogP contribution is 2.22. The van der Waals surface area contributed by atoms with Crippen molar-refractivity contribution in [3.63, 3.8) is 0 Å². The summed E-state index contributed by atoms with van der Waals surface area (Å²) in [6, 6.07) is 2.56. The summed E-state index contributed by atoms with van der Waals surface area (Å²) < 4.78 is 7.40. The molecule has 1 saturated heterocycles. The quantitative estimate of drug-likeness (QED) is 0.870. The molecule has 1 unspecified atom stereocenters. The average Bonchev–Trinajstić information content (AvgIpc) is 2.76. The fraction of sp³-hybridized carbons (Fsp3) is 0.769. The van der Waals surface area contributed by atoms with Crippen molar-refractivity contribution < 1.29 is 4.74 Å². The largest absolute Gasteiger partial charge is 0.381 e. The van der Waals surface area contributed by atoms with Crippen LogP contribution in [0.1, 0.15) is 44.8 Å². The van der Waals surface area contributed by atoms with Gasteiger partial charge in [-0.05, 0) is 32.3 Å². The fourth-order valence-electron chi connectivity index (χ4n) is 2.22. The van der Waals surface area contributed by atoms with E-state index in [1.807, 2.05) is 4.68 Å². The third-order valence-electron chi connectivity index (χ3n) is 3.73. The lowest BCUT2D eigenvalue weighted by Crippen LogP contribution is -2.47. The molecule has 1 fully saturated rings. The van der Waals surface area contributed by atoms with Crippen LogP contribution in [0.25, 0.3) is 0 Å². The number of rotatable bonds is 4. The van der Waals surface area contributed by atoms with E-state index in [-0.39, 0.29) is 5.54 Å². The van der Waals surface area contributed by atoms with Gasteiger partial charge in [0.1, 0.15) is 0 Å². The average molecular weight is 237 g/mol. The Morgan fingerprint density at radius 2 is 2.24 bits per heavy atom. The molecule has 2 heterocycles. The lowest BCUT2D eigenvalue weighted by Gasteiger charge is -2.32. The van der Waals surface area contributed by atoms with Crippen molar-refractivity contribution in [2.75, 3.05) is 13.2 Å². The van der Waals surface area contributed by atoms with Crippen LogP contribution in [-0.4, -0.2) is 28.5 Å². The first-order valence-corrected chi connectivity index (χ1v) is 6.53. The Kier molecular flexibility index (Phi) is 3.84. The Morgan fingerprint density at radius 3 is 2.88 bits per heavy atom. The summed E-state index contributed by atoms with van der Waals surface area (Å²) in [6.45, 7) is 5.92. The first-order chi connectivity index (χ1) is 8.13. The highest BCUT2D eigenvalue weighted by molar-refractivity contribution is 5.06. The summed E-state index contributed by atoms with van der Waals surface area (Å²) in [7, 11) is 0. The Morgan fingerprint density at radius 1 is 1.53 bits per heavy atom. The topological polar surface area (TPSA) is 53.1 Å². The second-order valence-corrected chi connectivity index (χ2v) is 5.20. The number of aromatic nitrogens is 2. The van der Waals surface area contributed by atoms with Crippen molar-refractivity contribution in [2.24, 2.45) is 5.73 Å². The molecule has 0 amide bonds. The molecule has 0 saturated carbocycles. The zero-order chi connectivity index (χ0) is 12.3. The molecule has 96 valence electrons. The van der Waals surface area contributed by atoms with Gasteiger partial charge < -0.3 is 10.5 Å². The minimum atomic E-state index is -0.118. The predicted octanol–water partition coefficient (Wildman–Crippen LogP) is 1.90. The van der Waals surface area contributed by atoms with E-state index in [9.17, 15) is 0 Å². The molecule has 17 heavy (non-hydrogen) atoms. The van der Waals surface area contributed by atoms with Crippen LogP contribution in [0.15, 0.2) is 12.3 Å². The van der Waals surface area contributed by atoms with Crippen LogP contribution in [0.4, 0.5) is 0 Å². The van der Waals surface area contributed by atoms with E-state index in [2.05, 4.69) is 31.2 Å². The molecule has 0 spiro atoms. The number of ether oxygens (including phenoxy) is 1. The molecule has 1 aliphatic rings. The molecule has 0 radical (unpaired) electrons. The van der Waals surface area contributed by atoms with Crippen LogP contribution in [-0.2, 0) is 11.2 Å². The molecular weight excluding hydrogens is 214 g/mol. The highest BCUT2D eigenvalue weighted by atomic mass is 16.5. The monoisotopic (exact) mass is 237 g/mol. The Hall–Kier alpha value is -0.870. The first-order valence-electron chi connectivity index (χ1n) is 6.53. The molecule has 1 aromatic heterocycles. The SMILES string of the molecule is CCC(C)n1ccc(CC2(N)CCOCC2)n1. The van der Waals surface area contributed by atoms with Gasteiger partial charge >= 0.3 is 0 Å². The van der Waals surface area contributed by atoms with E-state index in [1.54, 1.807) is 0 Å². The van der Waals surface area contributed by atoms with E-state index in [4.69, 9.17) is 10.5 Å². The maximum absolute atomic E-state index is 6.38. The smallest absolute Gasteiger partial charge is 0.0643 e. The molecule has 0 bridgehead atoms. The molecular formula is C13H23N3O. The van der Waals surface area contributed by atoms with Gasteiger partial charge in [0.25, 0.3) is 0 Å². The molecule has 0 aromatic carbocycles. The minimum absolute atomic E-state index is 0.118. The van der Waals surface area contributed by atoms with Gasteiger partial charge in [0.05, 0.1) is 5.69 Å². The summed E-state index contributed by atoms with van der Waals surface area (Å²) in [5.41, 5.74) is 7.37. The van der Waals surface area contributed by atoms with Gasteiger partial charge in [-0.25, -0.2) is 0 Å². The van der Waals surface area contributed by atoms with Crippen molar-refractivity contribution in [1.82, 2.24) is 9.78 Å². The molecule has 2 N–H and O–H groups in total. The molecule has 1 aromatic rings. The number of hydrogen-bond donors (Lipinski definition) is 1. The maximum atomic E-state index is 6.38. The number of nitrogens with zero attached hydrogens (tertiary/aromatic N) is 2. The van der Waals surface area contributed by atoms with E-state index in [1.165, 1.54) is 0 Å². The van der Waals surface area contributed by atoms with Crippen molar-refractivity contribution in [3.8, 4) is 0 Å². The molecule has 4 nitrogen and oxygen atoms in total. The van der Waals surface area contributed by atoms with Gasteiger partial charge in [-0.2, -0.15) is 5.10 Å². The molecule has 2 rings (SSSR count). The van der Waals surface area contributed by atoms with Gasteiger partial charge in [-0.3, -0.25) is 4.68 Å². The summed E-state index contributed by atoms with van der Waals surface area (Å²) >= 11 is 0. The first kappa shape index (κ1) is 12.6. The molecule has 1 atom stereocenters. The fourth-order valence-corrected chi connectivity index (χ4v) is 2.22. The van der Waals surface area contributed by atoms with Crippen LogP contribution in [0, 0.1) is 0 Å². The van der Waals surface area contributed by atoms with Gasteiger partial charge in [-0.1, -0.05) is 6.92 Å². The van der Waals surface area contributed by atoms with E-state index < -0.39 is 0 Å². The van der Waals surface area contributed by atoms with Crippen LogP contribution in [0.2, 0.25) is 0 Å². The zero-order valence-corrected chi connectivity index (χ0v) is 10.9. The summed E-state index contributed by atoms with van der Waals surface area (Å²) in [5.74, 6) is 0. The number of nitrogens with two attached hydrogens (primary N) is 1. The Bertz CT molecular complexity index is 355. The molecule has 0 aliphatic carbocycles. The number of hydrogen-bond acceptors (Lipinski definition) is 3. The van der Waals surface area contributed by atoms with Gasteiger partial charge in [0, 0.05) is 37.4 Å². The Balaban J connectivity index is 2.00. The zero-order valence-electron chi connectivity index (χ0n) is 10.9. The van der Waals surface area contributed by atoms with Gasteiger partial charge in [0.2, 0.25) is 0 Å². The third-order valence-corrected chi connectivity index (χ3v) is 3.73. The molecule has 4 heteroatoms. The summed E-state index contributed by atoms with van der Waals surface area (Å²) in [5, 5.41) is 4.62. The van der Waals surface area contributed by atoms with Crippen LogP contribution in [0.3, 0.4) is 0 Å². The summed E-state index contributed by atoms with van der Waals surface area (Å²) in [4.78, 5) is 0.